The van der Waals surface area contributed by atoms with Crippen molar-refractivity contribution < 1.29 is 4.74 Å². The highest BCUT2D eigenvalue weighted by molar-refractivity contribution is 5.11. The maximum absolute atomic E-state index is 5.96. The lowest BCUT2D eigenvalue weighted by atomic mass is 9.95. The standard InChI is InChI=1S/C13H21N3O/c1-2-16(9-12-3-6-15-7-4-12)13(10-14)5-8-17-11-13/h3-4,6-7H,2,5,8-11,14H2,1H3. The summed E-state index contributed by atoms with van der Waals surface area (Å²) in [5.41, 5.74) is 7.27. The Labute approximate surface area is 103 Å². The van der Waals surface area contributed by atoms with Crippen LogP contribution in [-0.2, 0) is 11.3 Å². The summed E-state index contributed by atoms with van der Waals surface area (Å²) in [5, 5.41) is 0. The molecule has 0 saturated carbocycles. The highest BCUT2D eigenvalue weighted by atomic mass is 16.5. The lowest BCUT2D eigenvalue weighted by Gasteiger charge is -2.38. The van der Waals surface area contributed by atoms with Crippen molar-refractivity contribution in [1.82, 2.24) is 9.88 Å². The van der Waals surface area contributed by atoms with Gasteiger partial charge in [-0.3, -0.25) is 9.88 Å². The highest BCUT2D eigenvalue weighted by Gasteiger charge is 2.38. The predicted octanol–water partition coefficient (Wildman–Crippen LogP) is 1.02. The molecule has 2 rings (SSSR count). The first kappa shape index (κ1) is 12.5. The van der Waals surface area contributed by atoms with Crippen LogP contribution in [0.5, 0.6) is 0 Å². The van der Waals surface area contributed by atoms with Crippen LogP contribution in [0.4, 0.5) is 0 Å². The number of ether oxygens (including phenoxy) is 1. The summed E-state index contributed by atoms with van der Waals surface area (Å²) < 4.78 is 5.54. The second-order valence-electron chi connectivity index (χ2n) is 4.60. The third-order valence-corrected chi connectivity index (χ3v) is 3.64. The number of rotatable bonds is 5. The van der Waals surface area contributed by atoms with E-state index in [9.17, 15) is 0 Å². The number of nitrogens with two attached hydrogens (primary N) is 1. The minimum absolute atomic E-state index is 0.0258. The molecule has 0 aliphatic carbocycles. The van der Waals surface area contributed by atoms with Crippen LogP contribution < -0.4 is 5.73 Å². The van der Waals surface area contributed by atoms with E-state index in [0.717, 1.165) is 32.7 Å². The van der Waals surface area contributed by atoms with Crippen LogP contribution in [0.15, 0.2) is 24.5 Å². The Morgan fingerprint density at radius 1 is 1.47 bits per heavy atom. The van der Waals surface area contributed by atoms with Crippen LogP contribution in [0, 0.1) is 0 Å². The first-order valence-corrected chi connectivity index (χ1v) is 6.22. The lowest BCUT2D eigenvalue weighted by molar-refractivity contribution is 0.0699. The van der Waals surface area contributed by atoms with Crippen molar-refractivity contribution in [2.45, 2.75) is 25.4 Å². The largest absolute Gasteiger partial charge is 0.379 e. The van der Waals surface area contributed by atoms with Crippen molar-refractivity contribution in [3.8, 4) is 0 Å². The van der Waals surface area contributed by atoms with Gasteiger partial charge in [-0.15, -0.1) is 0 Å². The van der Waals surface area contributed by atoms with Gasteiger partial charge in [-0.05, 0) is 30.7 Å². The van der Waals surface area contributed by atoms with E-state index in [2.05, 4.69) is 28.9 Å². The van der Waals surface area contributed by atoms with E-state index in [1.165, 1.54) is 5.56 Å². The molecule has 1 unspecified atom stereocenters. The number of hydrogen-bond donors (Lipinski definition) is 1. The molecular weight excluding hydrogens is 214 g/mol. The molecule has 4 heteroatoms. The van der Waals surface area contributed by atoms with Crippen molar-refractivity contribution in [3.05, 3.63) is 30.1 Å². The first-order chi connectivity index (χ1) is 8.30. The van der Waals surface area contributed by atoms with Gasteiger partial charge in [-0.25, -0.2) is 0 Å². The molecule has 2 heterocycles. The molecule has 0 bridgehead atoms. The molecule has 1 saturated heterocycles. The Bertz CT molecular complexity index is 336. The van der Waals surface area contributed by atoms with Gasteiger partial charge in [-0.2, -0.15) is 0 Å². The molecule has 0 aromatic carbocycles. The molecule has 1 aromatic rings. The van der Waals surface area contributed by atoms with Gasteiger partial charge in [0.15, 0.2) is 0 Å². The fraction of sp³-hybridized carbons (Fsp3) is 0.615. The molecule has 4 nitrogen and oxygen atoms in total. The summed E-state index contributed by atoms with van der Waals surface area (Å²) in [7, 11) is 0. The van der Waals surface area contributed by atoms with Gasteiger partial charge in [0, 0.05) is 32.1 Å². The van der Waals surface area contributed by atoms with E-state index in [-0.39, 0.29) is 5.54 Å². The van der Waals surface area contributed by atoms with Gasteiger partial charge in [0.05, 0.1) is 12.1 Å². The van der Waals surface area contributed by atoms with E-state index in [4.69, 9.17) is 10.5 Å². The SMILES string of the molecule is CCN(Cc1ccncc1)C1(CN)CCOC1. The monoisotopic (exact) mass is 235 g/mol. The predicted molar refractivity (Wildman–Crippen MR) is 67.5 cm³/mol. The maximum atomic E-state index is 5.96. The summed E-state index contributed by atoms with van der Waals surface area (Å²) in [4.78, 5) is 6.47. The molecule has 1 atom stereocenters. The van der Waals surface area contributed by atoms with E-state index in [1.54, 1.807) is 0 Å². The van der Waals surface area contributed by atoms with Gasteiger partial charge >= 0.3 is 0 Å². The smallest absolute Gasteiger partial charge is 0.0663 e. The molecule has 94 valence electrons. The second-order valence-corrected chi connectivity index (χ2v) is 4.60. The van der Waals surface area contributed by atoms with Crippen molar-refractivity contribution in [2.24, 2.45) is 5.73 Å². The average Bonchev–Trinajstić information content (AvgIpc) is 2.87. The lowest BCUT2D eigenvalue weighted by Crippen LogP contribution is -2.54. The highest BCUT2D eigenvalue weighted by Crippen LogP contribution is 2.26. The van der Waals surface area contributed by atoms with Crippen LogP contribution in [-0.4, -0.2) is 41.7 Å². The van der Waals surface area contributed by atoms with Crippen LogP contribution in [0.2, 0.25) is 0 Å². The molecule has 1 aliphatic heterocycles. The maximum Gasteiger partial charge on any atom is 0.0663 e. The Morgan fingerprint density at radius 2 is 2.24 bits per heavy atom. The van der Waals surface area contributed by atoms with Crippen LogP contribution >= 0.6 is 0 Å². The summed E-state index contributed by atoms with van der Waals surface area (Å²) in [5.74, 6) is 0. The number of aromatic nitrogens is 1. The van der Waals surface area contributed by atoms with Crippen LogP contribution in [0.25, 0.3) is 0 Å². The zero-order chi connectivity index (χ0) is 12.1. The number of pyridine rings is 1. The topological polar surface area (TPSA) is 51.4 Å². The second kappa shape index (κ2) is 5.58. The number of likely N-dealkylation sites (N-methyl/N-ethyl adjacent to an activating group) is 1. The van der Waals surface area contributed by atoms with E-state index in [0.29, 0.717) is 6.54 Å². The van der Waals surface area contributed by atoms with Gasteiger partial charge in [0.2, 0.25) is 0 Å². The normalized spacial score (nSPS) is 24.4. The Morgan fingerprint density at radius 3 is 2.76 bits per heavy atom. The molecule has 0 radical (unpaired) electrons. The molecule has 0 amide bonds. The third kappa shape index (κ3) is 2.65. The van der Waals surface area contributed by atoms with Crippen LogP contribution in [0.3, 0.4) is 0 Å². The Hall–Kier alpha value is -0.970. The minimum Gasteiger partial charge on any atom is -0.379 e. The van der Waals surface area contributed by atoms with Crippen molar-refractivity contribution in [1.29, 1.82) is 0 Å². The zero-order valence-corrected chi connectivity index (χ0v) is 10.4. The third-order valence-electron chi connectivity index (χ3n) is 3.64. The van der Waals surface area contributed by atoms with E-state index < -0.39 is 0 Å². The molecular formula is C13H21N3O. The van der Waals surface area contributed by atoms with Crippen LogP contribution in [0.1, 0.15) is 18.9 Å². The molecule has 2 N–H and O–H groups in total. The molecule has 0 spiro atoms. The first-order valence-electron chi connectivity index (χ1n) is 6.22. The van der Waals surface area contributed by atoms with Gasteiger partial charge in [0.25, 0.3) is 0 Å². The fourth-order valence-electron chi connectivity index (χ4n) is 2.46. The quantitative estimate of drug-likeness (QED) is 0.828. The van der Waals surface area contributed by atoms with Gasteiger partial charge in [-0.1, -0.05) is 6.92 Å². The summed E-state index contributed by atoms with van der Waals surface area (Å²) in [6, 6.07) is 4.12. The summed E-state index contributed by atoms with van der Waals surface area (Å²) >= 11 is 0. The Kier molecular flexibility index (Phi) is 4.10. The summed E-state index contributed by atoms with van der Waals surface area (Å²) in [6.45, 7) is 6.32. The van der Waals surface area contributed by atoms with Crippen molar-refractivity contribution in [2.75, 3.05) is 26.3 Å². The zero-order valence-electron chi connectivity index (χ0n) is 10.4. The minimum atomic E-state index is 0.0258. The molecule has 1 aromatic heterocycles. The van der Waals surface area contributed by atoms with Crippen molar-refractivity contribution >= 4 is 0 Å². The Balaban J connectivity index is 2.10. The molecule has 1 aliphatic rings. The van der Waals surface area contributed by atoms with Gasteiger partial charge in [0.1, 0.15) is 0 Å². The van der Waals surface area contributed by atoms with Gasteiger partial charge < -0.3 is 10.5 Å². The number of hydrogen-bond acceptors (Lipinski definition) is 4. The molecule has 17 heavy (non-hydrogen) atoms. The number of nitrogens with zero attached hydrogens (tertiary/aromatic N) is 2. The summed E-state index contributed by atoms with van der Waals surface area (Å²) in [6.07, 6.45) is 4.70. The van der Waals surface area contributed by atoms with E-state index >= 15 is 0 Å². The van der Waals surface area contributed by atoms with E-state index in [1.807, 2.05) is 12.4 Å². The average molecular weight is 235 g/mol. The fourth-order valence-corrected chi connectivity index (χ4v) is 2.46. The molecule has 1 fully saturated rings. The van der Waals surface area contributed by atoms with Crippen molar-refractivity contribution in [3.63, 3.8) is 0 Å².